The molecule has 0 bridgehead atoms. The van der Waals surface area contributed by atoms with Crippen molar-refractivity contribution in [2.75, 3.05) is 13.6 Å². The lowest BCUT2D eigenvalue weighted by atomic mass is 10.1. The number of rotatable bonds is 8. The zero-order valence-corrected chi connectivity index (χ0v) is 12.9. The molecule has 1 aromatic carbocycles. The first kappa shape index (κ1) is 16.5. The van der Waals surface area contributed by atoms with E-state index in [2.05, 4.69) is 36.6 Å². The Bertz CT molecular complexity index is 403. The number of hydrogen-bond acceptors (Lipinski definition) is 3. The number of carbonyl (C=O) groups excluding carboxylic acids is 1. The van der Waals surface area contributed by atoms with Gasteiger partial charge in [-0.25, -0.2) is 0 Å². The van der Waals surface area contributed by atoms with Gasteiger partial charge in [-0.2, -0.15) is 0 Å². The Kier molecular flexibility index (Phi) is 7.09. The summed E-state index contributed by atoms with van der Waals surface area (Å²) in [6.07, 6.45) is 1.68. The Morgan fingerprint density at radius 2 is 1.90 bits per heavy atom. The summed E-state index contributed by atoms with van der Waals surface area (Å²) >= 11 is 0. The zero-order valence-electron chi connectivity index (χ0n) is 12.9. The molecule has 2 unspecified atom stereocenters. The highest BCUT2D eigenvalue weighted by molar-refractivity contribution is 5.80. The lowest BCUT2D eigenvalue weighted by Gasteiger charge is -2.14. The van der Waals surface area contributed by atoms with Gasteiger partial charge in [0.25, 0.3) is 5.91 Å². The highest BCUT2D eigenvalue weighted by Crippen LogP contribution is 2.15. The monoisotopic (exact) mass is 278 g/mol. The lowest BCUT2D eigenvalue weighted by molar-refractivity contribution is -0.126. The van der Waals surface area contributed by atoms with E-state index in [0.29, 0.717) is 6.04 Å². The number of aryl methyl sites for hydroxylation is 1. The molecule has 0 saturated heterocycles. The largest absolute Gasteiger partial charge is 0.481 e. The van der Waals surface area contributed by atoms with Crippen LogP contribution in [0.2, 0.25) is 0 Å². The van der Waals surface area contributed by atoms with Crippen molar-refractivity contribution >= 4 is 5.91 Å². The Labute approximate surface area is 121 Å². The topological polar surface area (TPSA) is 50.4 Å². The fourth-order valence-corrected chi connectivity index (χ4v) is 2.03. The predicted molar refractivity (Wildman–Crippen MR) is 82.1 cm³/mol. The van der Waals surface area contributed by atoms with Crippen molar-refractivity contribution in [2.24, 2.45) is 0 Å². The molecule has 4 heteroatoms. The summed E-state index contributed by atoms with van der Waals surface area (Å²) in [5.74, 6) is 0.609. The number of hydrogen-bond donors (Lipinski definition) is 2. The number of nitrogens with one attached hydrogen (secondary N) is 2. The molecule has 0 heterocycles. The van der Waals surface area contributed by atoms with E-state index in [1.807, 2.05) is 12.1 Å². The van der Waals surface area contributed by atoms with Crippen LogP contribution in [0.5, 0.6) is 5.75 Å². The van der Waals surface area contributed by atoms with Crippen LogP contribution in [0, 0.1) is 0 Å². The van der Waals surface area contributed by atoms with E-state index in [4.69, 9.17) is 4.74 Å². The second-order valence-electron chi connectivity index (χ2n) is 5.02. The smallest absolute Gasteiger partial charge is 0.260 e. The van der Waals surface area contributed by atoms with E-state index >= 15 is 0 Å². The minimum absolute atomic E-state index is 0.117. The molecule has 20 heavy (non-hydrogen) atoms. The van der Waals surface area contributed by atoms with Crippen molar-refractivity contribution in [3.05, 3.63) is 29.8 Å². The molecule has 0 radical (unpaired) electrons. The van der Waals surface area contributed by atoms with E-state index in [9.17, 15) is 4.79 Å². The van der Waals surface area contributed by atoms with Gasteiger partial charge in [-0.3, -0.25) is 4.79 Å². The van der Waals surface area contributed by atoms with Gasteiger partial charge < -0.3 is 15.4 Å². The third-order valence-corrected chi connectivity index (χ3v) is 3.27. The van der Waals surface area contributed by atoms with Crippen LogP contribution in [0.3, 0.4) is 0 Å². The minimum atomic E-state index is -0.473. The molecule has 2 N–H and O–H groups in total. The van der Waals surface area contributed by atoms with Crippen LogP contribution in [0.4, 0.5) is 0 Å². The van der Waals surface area contributed by atoms with Crippen molar-refractivity contribution < 1.29 is 9.53 Å². The summed E-state index contributed by atoms with van der Waals surface area (Å²) < 4.78 is 5.56. The number of ether oxygens (including phenoxy) is 1. The SMILES string of the molecule is CCNC(C)CCc1ccc(OC(C)C(=O)NC)cc1. The molecule has 1 rings (SSSR count). The van der Waals surface area contributed by atoms with Gasteiger partial charge in [-0.05, 0) is 50.9 Å². The van der Waals surface area contributed by atoms with Gasteiger partial charge in [0.15, 0.2) is 6.10 Å². The van der Waals surface area contributed by atoms with Gasteiger partial charge in [0.2, 0.25) is 0 Å². The normalized spacial score (nSPS) is 13.6. The molecule has 1 aromatic rings. The van der Waals surface area contributed by atoms with Gasteiger partial charge >= 0.3 is 0 Å². The van der Waals surface area contributed by atoms with Gasteiger partial charge in [0.05, 0.1) is 0 Å². The van der Waals surface area contributed by atoms with Crippen LogP contribution >= 0.6 is 0 Å². The molecule has 0 fully saturated rings. The fourth-order valence-electron chi connectivity index (χ4n) is 2.03. The van der Waals surface area contributed by atoms with Crippen molar-refractivity contribution in [1.29, 1.82) is 0 Å². The van der Waals surface area contributed by atoms with Gasteiger partial charge in [0.1, 0.15) is 5.75 Å². The van der Waals surface area contributed by atoms with E-state index in [0.717, 1.165) is 25.1 Å². The molecule has 0 saturated carbocycles. The molecule has 0 aliphatic carbocycles. The van der Waals surface area contributed by atoms with Crippen LogP contribution in [0.15, 0.2) is 24.3 Å². The number of likely N-dealkylation sites (N-methyl/N-ethyl adjacent to an activating group) is 1. The summed E-state index contributed by atoms with van der Waals surface area (Å²) in [4.78, 5) is 11.4. The third-order valence-electron chi connectivity index (χ3n) is 3.27. The zero-order chi connectivity index (χ0) is 15.0. The van der Waals surface area contributed by atoms with E-state index < -0.39 is 6.10 Å². The highest BCUT2D eigenvalue weighted by Gasteiger charge is 2.12. The lowest BCUT2D eigenvalue weighted by Crippen LogP contribution is -2.33. The summed E-state index contributed by atoms with van der Waals surface area (Å²) in [5, 5.41) is 5.97. The Hall–Kier alpha value is -1.55. The quantitative estimate of drug-likeness (QED) is 0.766. The van der Waals surface area contributed by atoms with Gasteiger partial charge in [0, 0.05) is 13.1 Å². The average Bonchev–Trinajstić information content (AvgIpc) is 2.46. The molecule has 1 amide bonds. The maximum atomic E-state index is 11.4. The van der Waals surface area contributed by atoms with Crippen molar-refractivity contribution in [3.63, 3.8) is 0 Å². The highest BCUT2D eigenvalue weighted by atomic mass is 16.5. The first-order valence-corrected chi connectivity index (χ1v) is 7.27. The average molecular weight is 278 g/mol. The van der Waals surface area contributed by atoms with Crippen LogP contribution in [-0.2, 0) is 11.2 Å². The molecule has 4 nitrogen and oxygen atoms in total. The number of carbonyl (C=O) groups is 1. The Morgan fingerprint density at radius 3 is 2.45 bits per heavy atom. The van der Waals surface area contributed by atoms with Crippen molar-refractivity contribution in [2.45, 2.75) is 45.8 Å². The standard InChI is InChI=1S/C16H26N2O2/c1-5-18-12(2)6-7-14-8-10-15(11-9-14)20-13(3)16(19)17-4/h8-13,18H,5-7H2,1-4H3,(H,17,19). The summed E-state index contributed by atoms with van der Waals surface area (Å²) in [5.41, 5.74) is 1.29. The Balaban J connectivity index is 2.46. The summed E-state index contributed by atoms with van der Waals surface area (Å²) in [6, 6.07) is 8.50. The minimum Gasteiger partial charge on any atom is -0.481 e. The summed E-state index contributed by atoms with van der Waals surface area (Å²) in [7, 11) is 1.61. The number of amides is 1. The molecule has 0 aliphatic rings. The van der Waals surface area contributed by atoms with Crippen LogP contribution in [-0.4, -0.2) is 31.6 Å². The first-order valence-electron chi connectivity index (χ1n) is 7.27. The first-order chi connectivity index (χ1) is 9.56. The molecule has 0 aliphatic heterocycles. The summed E-state index contributed by atoms with van der Waals surface area (Å²) in [6.45, 7) is 7.07. The molecule has 2 atom stereocenters. The van der Waals surface area contributed by atoms with Gasteiger partial charge in [-0.15, -0.1) is 0 Å². The molecule has 0 spiro atoms. The second kappa shape index (κ2) is 8.59. The Morgan fingerprint density at radius 1 is 1.25 bits per heavy atom. The van der Waals surface area contributed by atoms with E-state index in [-0.39, 0.29) is 5.91 Å². The third kappa shape index (κ3) is 5.61. The maximum absolute atomic E-state index is 11.4. The van der Waals surface area contributed by atoms with Crippen molar-refractivity contribution in [1.82, 2.24) is 10.6 Å². The maximum Gasteiger partial charge on any atom is 0.260 e. The van der Waals surface area contributed by atoms with Crippen LogP contribution < -0.4 is 15.4 Å². The molecule has 0 aromatic heterocycles. The fraction of sp³-hybridized carbons (Fsp3) is 0.562. The predicted octanol–water partition coefficient (Wildman–Crippen LogP) is 2.13. The molecule has 112 valence electrons. The van der Waals surface area contributed by atoms with E-state index in [1.54, 1.807) is 14.0 Å². The van der Waals surface area contributed by atoms with Crippen LogP contribution in [0.1, 0.15) is 32.8 Å². The molecular weight excluding hydrogens is 252 g/mol. The van der Waals surface area contributed by atoms with Crippen molar-refractivity contribution in [3.8, 4) is 5.75 Å². The molecular formula is C16H26N2O2. The van der Waals surface area contributed by atoms with Crippen LogP contribution in [0.25, 0.3) is 0 Å². The van der Waals surface area contributed by atoms with E-state index in [1.165, 1.54) is 5.56 Å². The van der Waals surface area contributed by atoms with Gasteiger partial charge in [-0.1, -0.05) is 19.1 Å². The second-order valence-corrected chi connectivity index (χ2v) is 5.02. The number of benzene rings is 1.